The summed E-state index contributed by atoms with van der Waals surface area (Å²) in [5.74, 6) is 0.212. The number of ether oxygens (including phenoxy) is 1. The molecule has 32 heavy (non-hydrogen) atoms. The van der Waals surface area contributed by atoms with Crippen molar-refractivity contribution in [3.8, 4) is 5.75 Å². The Hall–Kier alpha value is -2.99. The van der Waals surface area contributed by atoms with Gasteiger partial charge in [-0.1, -0.05) is 18.6 Å². The zero-order valence-corrected chi connectivity index (χ0v) is 18.4. The molecule has 168 valence electrons. The summed E-state index contributed by atoms with van der Waals surface area (Å²) in [5.41, 5.74) is 1.50. The van der Waals surface area contributed by atoms with E-state index < -0.39 is 0 Å². The van der Waals surface area contributed by atoms with Gasteiger partial charge in [0.2, 0.25) is 0 Å². The molecular formula is C26H30N2O4. The largest absolute Gasteiger partial charge is 0.494 e. The monoisotopic (exact) mass is 434 g/mol. The molecule has 0 aromatic heterocycles. The number of hydrogen-bond donors (Lipinski definition) is 0. The first-order valence-electron chi connectivity index (χ1n) is 11.6. The number of nitrogens with zero attached hydrogens (tertiary/aromatic N) is 2. The Morgan fingerprint density at radius 2 is 1.47 bits per heavy atom. The van der Waals surface area contributed by atoms with Crippen molar-refractivity contribution in [3.05, 3.63) is 65.2 Å². The van der Waals surface area contributed by atoms with Gasteiger partial charge in [-0.3, -0.25) is 19.3 Å². The molecule has 0 aliphatic carbocycles. The fourth-order valence-corrected chi connectivity index (χ4v) is 4.38. The number of imide groups is 1. The molecular weight excluding hydrogens is 404 g/mol. The lowest BCUT2D eigenvalue weighted by atomic mass is 10.1. The number of Topliss-reactive ketones (excluding diaryl/α,β-unsaturated/α-hetero) is 1. The summed E-state index contributed by atoms with van der Waals surface area (Å²) in [6.07, 6.45) is 5.67. The fourth-order valence-electron chi connectivity index (χ4n) is 4.38. The third-order valence-electron chi connectivity index (χ3n) is 6.18. The van der Waals surface area contributed by atoms with Gasteiger partial charge in [0.1, 0.15) is 5.75 Å². The van der Waals surface area contributed by atoms with Gasteiger partial charge in [0.25, 0.3) is 11.8 Å². The second-order valence-corrected chi connectivity index (χ2v) is 8.46. The minimum Gasteiger partial charge on any atom is -0.494 e. The topological polar surface area (TPSA) is 66.9 Å². The average molecular weight is 435 g/mol. The van der Waals surface area contributed by atoms with Gasteiger partial charge in [0.15, 0.2) is 5.78 Å². The second-order valence-electron chi connectivity index (χ2n) is 8.46. The summed E-state index contributed by atoms with van der Waals surface area (Å²) in [6, 6.07) is 14.1. The highest BCUT2D eigenvalue weighted by atomic mass is 16.5. The Bertz CT molecular complexity index is 929. The van der Waals surface area contributed by atoms with E-state index in [4.69, 9.17) is 4.74 Å². The van der Waals surface area contributed by atoms with Gasteiger partial charge in [0.05, 0.1) is 17.7 Å². The van der Waals surface area contributed by atoms with E-state index in [1.165, 1.54) is 37.3 Å². The molecule has 6 heteroatoms. The van der Waals surface area contributed by atoms with Gasteiger partial charge < -0.3 is 9.64 Å². The molecule has 2 aromatic carbocycles. The molecule has 2 heterocycles. The molecule has 0 radical (unpaired) electrons. The van der Waals surface area contributed by atoms with E-state index in [2.05, 4.69) is 4.90 Å². The number of rotatable bonds is 10. The molecule has 0 atom stereocenters. The Morgan fingerprint density at radius 1 is 0.812 bits per heavy atom. The first kappa shape index (κ1) is 22.2. The number of benzene rings is 2. The number of fused-ring (bicyclic) bond motifs is 1. The summed E-state index contributed by atoms with van der Waals surface area (Å²) < 4.78 is 5.82. The van der Waals surface area contributed by atoms with Crippen molar-refractivity contribution in [2.45, 2.75) is 38.5 Å². The van der Waals surface area contributed by atoms with Crippen molar-refractivity contribution in [1.29, 1.82) is 0 Å². The number of carbonyl (C=O) groups excluding carboxylic acids is 3. The van der Waals surface area contributed by atoms with Crippen LogP contribution in [0.3, 0.4) is 0 Å². The molecule has 6 nitrogen and oxygen atoms in total. The molecule has 2 amide bonds. The third kappa shape index (κ3) is 5.25. The molecule has 0 bridgehead atoms. The summed E-state index contributed by atoms with van der Waals surface area (Å²) in [5, 5.41) is 0. The van der Waals surface area contributed by atoms with Gasteiger partial charge in [-0.2, -0.15) is 0 Å². The van der Waals surface area contributed by atoms with E-state index in [9.17, 15) is 14.4 Å². The van der Waals surface area contributed by atoms with Gasteiger partial charge in [-0.05, 0) is 75.2 Å². The summed E-state index contributed by atoms with van der Waals surface area (Å²) in [6.45, 7) is 4.39. The van der Waals surface area contributed by atoms with Crippen LogP contribution < -0.4 is 4.74 Å². The molecule has 0 unspecified atom stereocenters. The minimum atomic E-state index is -0.278. The lowest BCUT2D eigenvalue weighted by Gasteiger charge is -2.26. The minimum absolute atomic E-state index is 0.00161. The second kappa shape index (κ2) is 10.6. The van der Waals surface area contributed by atoms with Crippen molar-refractivity contribution in [2.24, 2.45) is 0 Å². The number of amides is 2. The van der Waals surface area contributed by atoms with E-state index >= 15 is 0 Å². The van der Waals surface area contributed by atoms with Crippen molar-refractivity contribution in [2.75, 3.05) is 32.8 Å². The van der Waals surface area contributed by atoms with Gasteiger partial charge >= 0.3 is 0 Å². The van der Waals surface area contributed by atoms with E-state index in [1.807, 2.05) is 12.1 Å². The predicted molar refractivity (Wildman–Crippen MR) is 122 cm³/mol. The molecule has 0 saturated carbocycles. The van der Waals surface area contributed by atoms with Crippen LogP contribution >= 0.6 is 0 Å². The predicted octanol–water partition coefficient (Wildman–Crippen LogP) is 4.20. The SMILES string of the molecule is O=C(CCCN1C(=O)c2ccccc2C1=O)c1ccc(OCCCN2CCCCC2)cc1. The lowest BCUT2D eigenvalue weighted by molar-refractivity contribution is 0.0647. The number of piperidine rings is 1. The van der Waals surface area contributed by atoms with Crippen molar-refractivity contribution in [3.63, 3.8) is 0 Å². The average Bonchev–Trinajstić information content (AvgIpc) is 3.08. The normalized spacial score (nSPS) is 16.3. The molecule has 0 N–H and O–H groups in total. The maximum Gasteiger partial charge on any atom is 0.261 e. The third-order valence-corrected chi connectivity index (χ3v) is 6.18. The fraction of sp³-hybridized carbons (Fsp3) is 0.423. The molecule has 1 fully saturated rings. The molecule has 1 saturated heterocycles. The van der Waals surface area contributed by atoms with E-state index in [0.717, 1.165) is 18.7 Å². The maximum atomic E-state index is 12.5. The first-order valence-corrected chi connectivity index (χ1v) is 11.6. The van der Waals surface area contributed by atoms with Gasteiger partial charge in [-0.25, -0.2) is 0 Å². The van der Waals surface area contributed by atoms with Crippen LogP contribution in [0.2, 0.25) is 0 Å². The highest BCUT2D eigenvalue weighted by molar-refractivity contribution is 6.21. The van der Waals surface area contributed by atoms with E-state index in [-0.39, 0.29) is 30.6 Å². The van der Waals surface area contributed by atoms with E-state index in [1.54, 1.807) is 36.4 Å². The summed E-state index contributed by atoms with van der Waals surface area (Å²) in [7, 11) is 0. The summed E-state index contributed by atoms with van der Waals surface area (Å²) >= 11 is 0. The molecule has 0 spiro atoms. The van der Waals surface area contributed by atoms with Gasteiger partial charge in [-0.15, -0.1) is 0 Å². The number of likely N-dealkylation sites (tertiary alicyclic amines) is 1. The zero-order chi connectivity index (χ0) is 22.3. The first-order chi connectivity index (χ1) is 15.6. The smallest absolute Gasteiger partial charge is 0.261 e. The van der Waals surface area contributed by atoms with Crippen LogP contribution in [0.5, 0.6) is 5.75 Å². The highest BCUT2D eigenvalue weighted by Crippen LogP contribution is 2.23. The van der Waals surface area contributed by atoms with Crippen LogP contribution in [-0.4, -0.2) is 60.2 Å². The van der Waals surface area contributed by atoms with Crippen LogP contribution in [0.15, 0.2) is 48.5 Å². The van der Waals surface area contributed by atoms with Gasteiger partial charge in [0, 0.05) is 25.1 Å². The molecule has 2 aromatic rings. The number of ketones is 1. The highest BCUT2D eigenvalue weighted by Gasteiger charge is 2.34. The number of hydrogen-bond acceptors (Lipinski definition) is 5. The molecule has 2 aliphatic heterocycles. The van der Waals surface area contributed by atoms with Crippen molar-refractivity contribution < 1.29 is 19.1 Å². The zero-order valence-electron chi connectivity index (χ0n) is 18.4. The number of carbonyl (C=O) groups is 3. The molecule has 4 rings (SSSR count). The Kier molecular flexibility index (Phi) is 7.32. The Labute approximate surface area is 189 Å². The standard InChI is InChI=1S/C26H30N2O4/c29-24(10-6-18-28-25(30)22-8-2-3-9-23(22)26(28)31)20-11-13-21(14-12-20)32-19-7-17-27-15-4-1-5-16-27/h2-3,8-9,11-14H,1,4-7,10,15-19H2. The quantitative estimate of drug-likeness (QED) is 0.319. The molecule has 2 aliphatic rings. The Morgan fingerprint density at radius 3 is 2.12 bits per heavy atom. The van der Waals surface area contributed by atoms with Crippen LogP contribution in [0.25, 0.3) is 0 Å². The summed E-state index contributed by atoms with van der Waals surface area (Å²) in [4.78, 5) is 41.0. The lowest BCUT2D eigenvalue weighted by Crippen LogP contribution is -2.31. The van der Waals surface area contributed by atoms with Crippen LogP contribution in [0.4, 0.5) is 0 Å². The van der Waals surface area contributed by atoms with Crippen molar-refractivity contribution in [1.82, 2.24) is 9.80 Å². The van der Waals surface area contributed by atoms with Crippen molar-refractivity contribution >= 4 is 17.6 Å². The van der Waals surface area contributed by atoms with Crippen LogP contribution in [-0.2, 0) is 0 Å². The van der Waals surface area contributed by atoms with Crippen LogP contribution in [0.1, 0.15) is 69.6 Å². The maximum absolute atomic E-state index is 12.5. The van der Waals surface area contributed by atoms with Crippen LogP contribution in [0, 0.1) is 0 Å². The Balaban J connectivity index is 1.18. The van der Waals surface area contributed by atoms with E-state index in [0.29, 0.717) is 29.7 Å².